The molecule has 2 rings (SSSR count). The standard InChI is InChI=1S/C17H15N3O/c1-20(16-7-4-13(10-18)5-8-16)12-14-3-6-15(11-19)17(9-14)21-2/h3-9H,12H2,1-2H3. The van der Waals surface area contributed by atoms with Crippen molar-refractivity contribution in [3.8, 4) is 17.9 Å². The molecule has 0 N–H and O–H groups in total. The van der Waals surface area contributed by atoms with Crippen molar-refractivity contribution in [2.75, 3.05) is 19.1 Å². The van der Waals surface area contributed by atoms with E-state index in [0.29, 0.717) is 23.4 Å². The molecule has 0 heterocycles. The Morgan fingerprint density at radius 3 is 2.33 bits per heavy atom. The van der Waals surface area contributed by atoms with Gasteiger partial charge in [-0.3, -0.25) is 0 Å². The lowest BCUT2D eigenvalue weighted by Gasteiger charge is -2.20. The normalized spacial score (nSPS) is 9.52. The van der Waals surface area contributed by atoms with Crippen LogP contribution in [-0.2, 0) is 6.54 Å². The van der Waals surface area contributed by atoms with Crippen LogP contribution < -0.4 is 9.64 Å². The Balaban J connectivity index is 2.17. The van der Waals surface area contributed by atoms with Gasteiger partial charge in [-0.1, -0.05) is 6.07 Å². The average molecular weight is 277 g/mol. The van der Waals surface area contributed by atoms with Crippen molar-refractivity contribution in [2.45, 2.75) is 6.54 Å². The number of anilines is 1. The molecule has 0 amide bonds. The Kier molecular flexibility index (Phi) is 4.43. The molecular formula is C17H15N3O. The third-order valence-corrected chi connectivity index (χ3v) is 3.24. The average Bonchev–Trinajstić information content (AvgIpc) is 2.54. The van der Waals surface area contributed by atoms with Gasteiger partial charge in [-0.15, -0.1) is 0 Å². The van der Waals surface area contributed by atoms with Crippen LogP contribution in [0, 0.1) is 22.7 Å². The number of hydrogen-bond donors (Lipinski definition) is 0. The molecule has 0 aliphatic rings. The van der Waals surface area contributed by atoms with Crippen LogP contribution in [0.5, 0.6) is 5.75 Å². The van der Waals surface area contributed by atoms with Crippen LogP contribution in [0.25, 0.3) is 0 Å². The van der Waals surface area contributed by atoms with Crippen molar-refractivity contribution in [2.24, 2.45) is 0 Å². The third kappa shape index (κ3) is 3.32. The van der Waals surface area contributed by atoms with E-state index in [9.17, 15) is 0 Å². The van der Waals surface area contributed by atoms with Crippen LogP contribution in [0.4, 0.5) is 5.69 Å². The maximum Gasteiger partial charge on any atom is 0.136 e. The molecule has 0 aliphatic carbocycles. The fourth-order valence-corrected chi connectivity index (χ4v) is 2.08. The molecule has 4 nitrogen and oxygen atoms in total. The topological polar surface area (TPSA) is 60.0 Å². The van der Waals surface area contributed by atoms with Crippen molar-refractivity contribution < 1.29 is 4.74 Å². The molecule has 4 heteroatoms. The predicted octanol–water partition coefficient (Wildman–Crippen LogP) is 3.07. The van der Waals surface area contributed by atoms with E-state index in [1.165, 1.54) is 0 Å². The number of ether oxygens (including phenoxy) is 1. The second-order valence-electron chi connectivity index (χ2n) is 4.66. The van der Waals surface area contributed by atoms with E-state index in [4.69, 9.17) is 15.3 Å². The zero-order valence-corrected chi connectivity index (χ0v) is 12.0. The lowest BCUT2D eigenvalue weighted by atomic mass is 10.1. The minimum atomic E-state index is 0.530. The second-order valence-corrected chi connectivity index (χ2v) is 4.66. The maximum atomic E-state index is 8.98. The van der Waals surface area contributed by atoms with Gasteiger partial charge in [-0.05, 0) is 42.0 Å². The number of rotatable bonds is 4. The molecule has 0 atom stereocenters. The molecule has 0 fully saturated rings. The fraction of sp³-hybridized carbons (Fsp3) is 0.176. The highest BCUT2D eigenvalue weighted by atomic mass is 16.5. The summed E-state index contributed by atoms with van der Waals surface area (Å²) < 4.78 is 5.22. The van der Waals surface area contributed by atoms with Crippen LogP contribution in [0.3, 0.4) is 0 Å². The van der Waals surface area contributed by atoms with Crippen molar-refractivity contribution in [3.05, 3.63) is 59.2 Å². The van der Waals surface area contributed by atoms with Crippen molar-refractivity contribution in [1.29, 1.82) is 10.5 Å². The summed E-state index contributed by atoms with van der Waals surface area (Å²) >= 11 is 0. The van der Waals surface area contributed by atoms with Crippen LogP contribution in [0.2, 0.25) is 0 Å². The fourth-order valence-electron chi connectivity index (χ4n) is 2.08. The smallest absolute Gasteiger partial charge is 0.136 e. The predicted molar refractivity (Wildman–Crippen MR) is 81.0 cm³/mol. The monoisotopic (exact) mass is 277 g/mol. The molecule has 104 valence electrons. The first-order chi connectivity index (χ1) is 10.2. The van der Waals surface area contributed by atoms with Crippen LogP contribution in [0.15, 0.2) is 42.5 Å². The van der Waals surface area contributed by atoms with Crippen molar-refractivity contribution >= 4 is 5.69 Å². The Labute approximate surface area is 124 Å². The summed E-state index contributed by atoms with van der Waals surface area (Å²) in [6, 6.07) is 17.2. The number of methoxy groups -OCH3 is 1. The lowest BCUT2D eigenvalue weighted by molar-refractivity contribution is 0.413. The molecule has 0 bridgehead atoms. The van der Waals surface area contributed by atoms with Gasteiger partial charge in [0.2, 0.25) is 0 Å². The molecule has 0 saturated heterocycles. The van der Waals surface area contributed by atoms with Gasteiger partial charge in [0.05, 0.1) is 24.3 Å². The molecule has 21 heavy (non-hydrogen) atoms. The largest absolute Gasteiger partial charge is 0.495 e. The molecule has 0 aromatic heterocycles. The minimum Gasteiger partial charge on any atom is -0.495 e. The maximum absolute atomic E-state index is 8.98. The molecule has 0 radical (unpaired) electrons. The van der Waals surface area contributed by atoms with Crippen molar-refractivity contribution in [3.63, 3.8) is 0 Å². The van der Waals surface area contributed by atoms with E-state index in [2.05, 4.69) is 17.0 Å². The highest BCUT2D eigenvalue weighted by Crippen LogP contribution is 2.22. The Hall–Kier alpha value is -2.98. The molecule has 0 unspecified atom stereocenters. The highest BCUT2D eigenvalue weighted by molar-refractivity contribution is 5.51. The summed E-state index contributed by atoms with van der Waals surface area (Å²) in [5, 5.41) is 17.8. The Morgan fingerprint density at radius 2 is 1.76 bits per heavy atom. The van der Waals surface area contributed by atoms with Gasteiger partial charge in [0.25, 0.3) is 0 Å². The molecule has 0 aliphatic heterocycles. The molecule has 2 aromatic carbocycles. The zero-order chi connectivity index (χ0) is 15.2. The van der Waals surface area contributed by atoms with Gasteiger partial charge in [-0.25, -0.2) is 0 Å². The second kappa shape index (κ2) is 6.45. The number of hydrogen-bond acceptors (Lipinski definition) is 4. The van der Waals surface area contributed by atoms with Crippen LogP contribution >= 0.6 is 0 Å². The SMILES string of the molecule is COc1cc(CN(C)c2ccc(C#N)cc2)ccc1C#N. The summed E-state index contributed by atoms with van der Waals surface area (Å²) in [7, 11) is 3.54. The van der Waals surface area contributed by atoms with E-state index in [-0.39, 0.29) is 0 Å². The van der Waals surface area contributed by atoms with E-state index in [1.807, 2.05) is 31.3 Å². The Bertz CT molecular complexity index is 708. The van der Waals surface area contributed by atoms with Gasteiger partial charge in [-0.2, -0.15) is 10.5 Å². The van der Waals surface area contributed by atoms with Crippen molar-refractivity contribution in [1.82, 2.24) is 0 Å². The van der Waals surface area contributed by atoms with Crippen LogP contribution in [-0.4, -0.2) is 14.2 Å². The van der Waals surface area contributed by atoms with E-state index in [1.54, 1.807) is 25.3 Å². The first kappa shape index (κ1) is 14.4. The summed E-state index contributed by atoms with van der Waals surface area (Å²) in [6.45, 7) is 0.688. The minimum absolute atomic E-state index is 0.530. The lowest BCUT2D eigenvalue weighted by Crippen LogP contribution is -2.16. The van der Waals surface area contributed by atoms with E-state index >= 15 is 0 Å². The summed E-state index contributed by atoms with van der Waals surface area (Å²) in [4.78, 5) is 2.07. The number of nitriles is 2. The van der Waals surface area contributed by atoms with E-state index in [0.717, 1.165) is 11.3 Å². The molecule has 0 spiro atoms. The Morgan fingerprint density at radius 1 is 1.05 bits per heavy atom. The number of benzene rings is 2. The van der Waals surface area contributed by atoms with Gasteiger partial charge in [0.1, 0.15) is 11.8 Å². The molecular weight excluding hydrogens is 262 g/mol. The van der Waals surface area contributed by atoms with Crippen LogP contribution in [0.1, 0.15) is 16.7 Å². The molecule has 2 aromatic rings. The molecule has 0 saturated carbocycles. The van der Waals surface area contributed by atoms with E-state index < -0.39 is 0 Å². The first-order valence-electron chi connectivity index (χ1n) is 6.46. The highest BCUT2D eigenvalue weighted by Gasteiger charge is 2.07. The number of nitrogens with zero attached hydrogens (tertiary/aromatic N) is 3. The van der Waals surface area contributed by atoms with Gasteiger partial charge in [0.15, 0.2) is 0 Å². The summed E-state index contributed by atoms with van der Waals surface area (Å²) in [6.07, 6.45) is 0. The zero-order valence-electron chi connectivity index (χ0n) is 12.0. The van der Waals surface area contributed by atoms with Gasteiger partial charge >= 0.3 is 0 Å². The quantitative estimate of drug-likeness (QED) is 0.861. The first-order valence-corrected chi connectivity index (χ1v) is 6.46. The summed E-state index contributed by atoms with van der Waals surface area (Å²) in [5.41, 5.74) is 3.25. The van der Waals surface area contributed by atoms with Gasteiger partial charge < -0.3 is 9.64 Å². The third-order valence-electron chi connectivity index (χ3n) is 3.24. The summed E-state index contributed by atoms with van der Waals surface area (Å²) in [5.74, 6) is 0.586. The van der Waals surface area contributed by atoms with Gasteiger partial charge in [0, 0.05) is 19.3 Å².